The van der Waals surface area contributed by atoms with Gasteiger partial charge in [-0.05, 0) is 66.2 Å². The first-order valence-corrected chi connectivity index (χ1v) is 9.26. The predicted molar refractivity (Wildman–Crippen MR) is 103 cm³/mol. The summed E-state index contributed by atoms with van der Waals surface area (Å²) in [6.45, 7) is 4.34. The lowest BCUT2D eigenvalue weighted by Gasteiger charge is -2.15. The van der Waals surface area contributed by atoms with Crippen molar-refractivity contribution in [2.45, 2.75) is 31.1 Å². The molecule has 0 amide bonds. The highest BCUT2D eigenvalue weighted by molar-refractivity contribution is 7.97. The van der Waals surface area contributed by atoms with Crippen LogP contribution in [0.2, 0.25) is 0 Å². The van der Waals surface area contributed by atoms with Gasteiger partial charge in [-0.1, -0.05) is 12.1 Å². The molecule has 1 fully saturated rings. The summed E-state index contributed by atoms with van der Waals surface area (Å²) in [4.78, 5) is 0.981. The smallest absolute Gasteiger partial charge is 0.153 e. The van der Waals surface area contributed by atoms with Crippen LogP contribution in [0.5, 0.6) is 0 Å². The third-order valence-corrected chi connectivity index (χ3v) is 5.91. The first-order valence-electron chi connectivity index (χ1n) is 8.49. The van der Waals surface area contributed by atoms with Crippen molar-refractivity contribution in [2.24, 2.45) is 0 Å². The van der Waals surface area contributed by atoms with Gasteiger partial charge in [0.05, 0.1) is 5.52 Å². The lowest BCUT2D eigenvalue weighted by molar-refractivity contribution is 0.217. The van der Waals surface area contributed by atoms with E-state index >= 15 is 0 Å². The molecule has 0 spiro atoms. The number of aromatic amines is 1. The Labute approximate surface area is 154 Å². The van der Waals surface area contributed by atoms with E-state index < -0.39 is 12.3 Å². The molecule has 1 aliphatic rings. The SMILES string of the molecule is Cc1cc(SN2CC(F)C(F)C2)ccc1-c1ccc2[nH]nc(N)c2c1C. The Morgan fingerprint density at radius 3 is 2.50 bits per heavy atom. The molecule has 7 heteroatoms. The van der Waals surface area contributed by atoms with Gasteiger partial charge in [0.1, 0.15) is 12.3 Å². The van der Waals surface area contributed by atoms with E-state index in [4.69, 9.17) is 5.73 Å². The first-order chi connectivity index (χ1) is 12.4. The summed E-state index contributed by atoms with van der Waals surface area (Å²) in [5.41, 5.74) is 11.3. The van der Waals surface area contributed by atoms with Gasteiger partial charge >= 0.3 is 0 Å². The molecular weight excluding hydrogens is 354 g/mol. The maximum atomic E-state index is 13.4. The number of anilines is 1. The quantitative estimate of drug-likeness (QED) is 0.666. The maximum Gasteiger partial charge on any atom is 0.153 e. The van der Waals surface area contributed by atoms with Crippen LogP contribution >= 0.6 is 11.9 Å². The molecule has 3 N–H and O–H groups in total. The topological polar surface area (TPSA) is 57.9 Å². The summed E-state index contributed by atoms with van der Waals surface area (Å²) in [6, 6.07) is 10.1. The molecule has 0 aliphatic carbocycles. The zero-order chi connectivity index (χ0) is 18.4. The standard InChI is InChI=1S/C19H20F2N4S/c1-10-7-12(26-25-8-15(20)16(21)9-25)3-4-13(10)14-5-6-17-18(11(14)2)19(22)24-23-17/h3-7,15-16H,8-9H2,1-2H3,(H3,22,23,24). The average Bonchev–Trinajstić information content (AvgIpc) is 3.12. The van der Waals surface area contributed by atoms with Crippen molar-refractivity contribution in [3.8, 4) is 11.1 Å². The molecule has 0 saturated carbocycles. The lowest BCUT2D eigenvalue weighted by atomic mass is 9.94. The minimum atomic E-state index is -1.39. The molecule has 2 atom stereocenters. The van der Waals surface area contributed by atoms with Crippen molar-refractivity contribution in [1.29, 1.82) is 0 Å². The highest BCUT2D eigenvalue weighted by Gasteiger charge is 2.33. The third kappa shape index (κ3) is 2.95. The zero-order valence-corrected chi connectivity index (χ0v) is 15.4. The molecule has 1 saturated heterocycles. The summed E-state index contributed by atoms with van der Waals surface area (Å²) in [6.07, 6.45) is -2.78. The number of nitrogens with zero attached hydrogens (tertiary/aromatic N) is 2. The highest BCUT2D eigenvalue weighted by Crippen LogP contribution is 2.36. The largest absolute Gasteiger partial charge is 0.382 e. The lowest BCUT2D eigenvalue weighted by Crippen LogP contribution is -2.12. The van der Waals surface area contributed by atoms with Crippen molar-refractivity contribution in [3.63, 3.8) is 0 Å². The number of aromatic nitrogens is 2. The van der Waals surface area contributed by atoms with E-state index in [0.29, 0.717) is 5.82 Å². The van der Waals surface area contributed by atoms with Crippen molar-refractivity contribution in [1.82, 2.24) is 14.5 Å². The molecule has 3 aromatic rings. The van der Waals surface area contributed by atoms with Gasteiger partial charge in [0.25, 0.3) is 0 Å². The first kappa shape index (κ1) is 17.3. The second kappa shape index (κ2) is 6.55. The Balaban J connectivity index is 1.64. The summed E-state index contributed by atoms with van der Waals surface area (Å²) in [5, 5.41) is 7.96. The maximum absolute atomic E-state index is 13.4. The van der Waals surface area contributed by atoms with Crippen molar-refractivity contribution in [2.75, 3.05) is 18.8 Å². The molecule has 0 radical (unpaired) electrons. The number of nitrogens with one attached hydrogen (secondary N) is 1. The van der Waals surface area contributed by atoms with E-state index in [-0.39, 0.29) is 13.1 Å². The highest BCUT2D eigenvalue weighted by atomic mass is 32.2. The Morgan fingerprint density at radius 1 is 1.12 bits per heavy atom. The second-order valence-corrected chi connectivity index (χ2v) is 7.89. The molecule has 4 rings (SSSR count). The van der Waals surface area contributed by atoms with Crippen molar-refractivity contribution >= 4 is 28.7 Å². The van der Waals surface area contributed by atoms with Gasteiger partial charge in [0.2, 0.25) is 0 Å². The summed E-state index contributed by atoms with van der Waals surface area (Å²) in [7, 11) is 0. The molecule has 1 aromatic heterocycles. The van der Waals surface area contributed by atoms with Gasteiger partial charge in [-0.2, -0.15) is 5.10 Å². The number of aryl methyl sites for hydroxylation is 2. The number of nitrogens with two attached hydrogens (primary N) is 1. The van der Waals surface area contributed by atoms with Crippen molar-refractivity contribution < 1.29 is 8.78 Å². The van der Waals surface area contributed by atoms with Crippen LogP contribution in [0.25, 0.3) is 22.0 Å². The normalized spacial score (nSPS) is 20.9. The van der Waals surface area contributed by atoms with Crippen LogP contribution in [-0.4, -0.2) is 39.9 Å². The summed E-state index contributed by atoms with van der Waals surface area (Å²) < 4.78 is 28.5. The average molecular weight is 374 g/mol. The predicted octanol–water partition coefficient (Wildman–Crippen LogP) is 4.43. The van der Waals surface area contributed by atoms with Crippen LogP contribution in [0.3, 0.4) is 0 Å². The molecule has 26 heavy (non-hydrogen) atoms. The Bertz CT molecular complexity index is 962. The number of alkyl halides is 2. The van der Waals surface area contributed by atoms with Crippen LogP contribution in [-0.2, 0) is 0 Å². The minimum Gasteiger partial charge on any atom is -0.382 e. The van der Waals surface area contributed by atoms with Crippen LogP contribution in [0.4, 0.5) is 14.6 Å². The number of H-pyrrole nitrogens is 1. The van der Waals surface area contributed by atoms with Crippen LogP contribution in [0.15, 0.2) is 35.2 Å². The van der Waals surface area contributed by atoms with Gasteiger partial charge in [-0.15, -0.1) is 0 Å². The van der Waals surface area contributed by atoms with E-state index in [2.05, 4.69) is 28.4 Å². The summed E-state index contributed by atoms with van der Waals surface area (Å²) >= 11 is 1.41. The van der Waals surface area contributed by atoms with E-state index in [1.807, 2.05) is 26.0 Å². The second-order valence-electron chi connectivity index (χ2n) is 6.72. The fraction of sp³-hybridized carbons (Fsp3) is 0.316. The molecule has 4 nitrogen and oxygen atoms in total. The number of hydrogen-bond acceptors (Lipinski definition) is 4. The number of nitrogen functional groups attached to an aromatic ring is 1. The summed E-state index contributed by atoms with van der Waals surface area (Å²) in [5.74, 6) is 0.500. The molecular formula is C19H20F2N4S. The monoisotopic (exact) mass is 374 g/mol. The zero-order valence-electron chi connectivity index (χ0n) is 14.6. The number of rotatable bonds is 3. The fourth-order valence-electron chi connectivity index (χ4n) is 3.51. The van der Waals surface area contributed by atoms with Gasteiger partial charge in [0.15, 0.2) is 5.82 Å². The van der Waals surface area contributed by atoms with Gasteiger partial charge in [-0.25, -0.2) is 13.1 Å². The number of fused-ring (bicyclic) bond motifs is 1. The van der Waals surface area contributed by atoms with Crippen LogP contribution in [0, 0.1) is 13.8 Å². The third-order valence-electron chi connectivity index (χ3n) is 4.89. The van der Waals surface area contributed by atoms with Gasteiger partial charge < -0.3 is 5.73 Å². The van der Waals surface area contributed by atoms with E-state index in [0.717, 1.165) is 38.1 Å². The van der Waals surface area contributed by atoms with E-state index in [1.165, 1.54) is 11.9 Å². The van der Waals surface area contributed by atoms with Crippen LogP contribution in [0.1, 0.15) is 11.1 Å². The van der Waals surface area contributed by atoms with Gasteiger partial charge in [-0.3, -0.25) is 5.10 Å². The molecule has 136 valence electrons. The molecule has 2 aromatic carbocycles. The Morgan fingerprint density at radius 2 is 1.81 bits per heavy atom. The minimum absolute atomic E-state index is 0.127. The number of hydrogen-bond donors (Lipinski definition) is 2. The molecule has 2 heterocycles. The van der Waals surface area contributed by atoms with Crippen molar-refractivity contribution in [3.05, 3.63) is 41.5 Å². The molecule has 1 aliphatic heterocycles. The van der Waals surface area contributed by atoms with E-state index in [1.54, 1.807) is 4.31 Å². The molecule has 2 unspecified atom stereocenters. The Kier molecular flexibility index (Phi) is 4.36. The number of halogens is 2. The molecule has 0 bridgehead atoms. The van der Waals surface area contributed by atoms with E-state index in [9.17, 15) is 8.78 Å². The van der Waals surface area contributed by atoms with Gasteiger partial charge in [0, 0.05) is 23.4 Å². The Hall–Kier alpha value is -2.12. The fourth-order valence-corrected chi connectivity index (χ4v) is 4.60. The number of benzene rings is 2. The van der Waals surface area contributed by atoms with Crippen LogP contribution < -0.4 is 5.73 Å².